The smallest absolute Gasteiger partial charge is 0.123 e. The normalized spacial score (nSPS) is 25.5. The van der Waals surface area contributed by atoms with Gasteiger partial charge in [0.25, 0.3) is 0 Å². The van der Waals surface area contributed by atoms with Crippen LogP contribution in [0.15, 0.2) is 24.3 Å². The van der Waals surface area contributed by atoms with Gasteiger partial charge in [0, 0.05) is 18.8 Å². The maximum atomic E-state index is 13.1. The van der Waals surface area contributed by atoms with Gasteiger partial charge in [-0.3, -0.25) is 0 Å². The molecule has 2 N–H and O–H groups in total. The van der Waals surface area contributed by atoms with E-state index in [0.29, 0.717) is 6.54 Å². The van der Waals surface area contributed by atoms with Crippen molar-refractivity contribution >= 4 is 5.69 Å². The standard InChI is InChI=1S/C16H25FN2/c1-4-19(14-8-6-13(17)7-9-14)16(12-18)11-5-10-15(16,2)3/h6-9H,4-5,10-12,18H2,1-3H3. The Morgan fingerprint density at radius 1 is 1.21 bits per heavy atom. The molecule has 1 fully saturated rings. The highest BCUT2D eigenvalue weighted by Gasteiger charge is 2.51. The molecule has 0 heterocycles. The summed E-state index contributed by atoms with van der Waals surface area (Å²) >= 11 is 0. The minimum absolute atomic E-state index is 0.0143. The van der Waals surface area contributed by atoms with Gasteiger partial charge in [0.2, 0.25) is 0 Å². The Morgan fingerprint density at radius 3 is 2.26 bits per heavy atom. The Hall–Kier alpha value is -1.09. The summed E-state index contributed by atoms with van der Waals surface area (Å²) in [5.41, 5.74) is 7.42. The molecule has 1 aromatic carbocycles. The zero-order chi connectivity index (χ0) is 14.1. The lowest BCUT2D eigenvalue weighted by atomic mass is 9.73. The molecular formula is C16H25FN2. The molecule has 0 aliphatic heterocycles. The van der Waals surface area contributed by atoms with Gasteiger partial charge in [-0.25, -0.2) is 4.39 Å². The molecule has 2 rings (SSSR count). The highest BCUT2D eigenvalue weighted by molar-refractivity contribution is 5.50. The Bertz CT molecular complexity index is 427. The average molecular weight is 264 g/mol. The first-order valence-corrected chi connectivity index (χ1v) is 7.20. The van der Waals surface area contributed by atoms with Crippen molar-refractivity contribution in [3.63, 3.8) is 0 Å². The van der Waals surface area contributed by atoms with Crippen LogP contribution in [0.25, 0.3) is 0 Å². The van der Waals surface area contributed by atoms with E-state index < -0.39 is 0 Å². The fourth-order valence-corrected chi connectivity index (χ4v) is 3.74. The van der Waals surface area contributed by atoms with E-state index in [1.807, 2.05) is 12.1 Å². The number of hydrogen-bond donors (Lipinski definition) is 1. The number of rotatable bonds is 4. The Morgan fingerprint density at radius 2 is 1.84 bits per heavy atom. The van der Waals surface area contributed by atoms with Crippen molar-refractivity contribution in [2.45, 2.75) is 45.6 Å². The van der Waals surface area contributed by atoms with Crippen LogP contribution in [0.5, 0.6) is 0 Å². The molecule has 3 heteroatoms. The van der Waals surface area contributed by atoms with Crippen molar-refractivity contribution in [3.05, 3.63) is 30.1 Å². The summed E-state index contributed by atoms with van der Waals surface area (Å²) in [6, 6.07) is 6.80. The van der Waals surface area contributed by atoms with Crippen molar-refractivity contribution in [1.82, 2.24) is 0 Å². The van der Waals surface area contributed by atoms with E-state index >= 15 is 0 Å². The molecule has 19 heavy (non-hydrogen) atoms. The molecule has 1 atom stereocenters. The van der Waals surface area contributed by atoms with E-state index in [1.165, 1.54) is 25.0 Å². The van der Waals surface area contributed by atoms with Gasteiger partial charge in [0.15, 0.2) is 0 Å². The van der Waals surface area contributed by atoms with E-state index in [2.05, 4.69) is 25.7 Å². The molecular weight excluding hydrogens is 239 g/mol. The summed E-state index contributed by atoms with van der Waals surface area (Å²) in [5, 5.41) is 0. The van der Waals surface area contributed by atoms with Crippen LogP contribution >= 0.6 is 0 Å². The molecule has 1 aromatic rings. The lowest BCUT2D eigenvalue weighted by molar-refractivity contribution is 0.201. The first-order chi connectivity index (χ1) is 8.97. The molecule has 0 bridgehead atoms. The minimum atomic E-state index is -0.188. The largest absolute Gasteiger partial charge is 0.364 e. The zero-order valence-electron chi connectivity index (χ0n) is 12.2. The molecule has 1 unspecified atom stereocenters. The predicted molar refractivity (Wildman–Crippen MR) is 78.8 cm³/mol. The number of hydrogen-bond acceptors (Lipinski definition) is 2. The Kier molecular flexibility index (Phi) is 3.86. The van der Waals surface area contributed by atoms with Crippen molar-refractivity contribution in [3.8, 4) is 0 Å². The third-order valence-electron chi connectivity index (χ3n) is 4.96. The third-order valence-corrected chi connectivity index (χ3v) is 4.96. The van der Waals surface area contributed by atoms with E-state index in [1.54, 1.807) is 0 Å². The molecule has 1 aliphatic rings. The first-order valence-electron chi connectivity index (χ1n) is 7.20. The molecule has 0 radical (unpaired) electrons. The van der Waals surface area contributed by atoms with Crippen molar-refractivity contribution in [2.75, 3.05) is 18.0 Å². The van der Waals surface area contributed by atoms with E-state index in [-0.39, 0.29) is 16.8 Å². The number of likely N-dealkylation sites (N-methyl/N-ethyl adjacent to an activating group) is 1. The quantitative estimate of drug-likeness (QED) is 0.901. The monoisotopic (exact) mass is 264 g/mol. The number of nitrogens with zero attached hydrogens (tertiary/aromatic N) is 1. The van der Waals surface area contributed by atoms with Gasteiger partial charge >= 0.3 is 0 Å². The number of nitrogens with two attached hydrogens (primary N) is 1. The maximum Gasteiger partial charge on any atom is 0.123 e. The van der Waals surface area contributed by atoms with Gasteiger partial charge in [-0.1, -0.05) is 20.3 Å². The minimum Gasteiger partial charge on any atom is -0.364 e. The van der Waals surface area contributed by atoms with Gasteiger partial charge in [-0.05, 0) is 49.4 Å². The van der Waals surface area contributed by atoms with Crippen molar-refractivity contribution in [1.29, 1.82) is 0 Å². The first kappa shape index (κ1) is 14.3. The molecule has 1 saturated carbocycles. The van der Waals surface area contributed by atoms with E-state index in [4.69, 9.17) is 5.73 Å². The summed E-state index contributed by atoms with van der Waals surface area (Å²) in [5.74, 6) is -0.188. The van der Waals surface area contributed by atoms with Gasteiger partial charge in [-0.15, -0.1) is 0 Å². The van der Waals surface area contributed by atoms with Crippen LogP contribution in [0.4, 0.5) is 10.1 Å². The summed E-state index contributed by atoms with van der Waals surface area (Å²) in [7, 11) is 0. The number of anilines is 1. The summed E-state index contributed by atoms with van der Waals surface area (Å²) < 4.78 is 13.1. The highest BCUT2D eigenvalue weighted by Crippen LogP contribution is 2.50. The lowest BCUT2D eigenvalue weighted by Gasteiger charge is -2.50. The van der Waals surface area contributed by atoms with Gasteiger partial charge < -0.3 is 10.6 Å². The Balaban J connectivity index is 2.42. The van der Waals surface area contributed by atoms with Gasteiger partial charge in [0.05, 0.1) is 5.54 Å². The summed E-state index contributed by atoms with van der Waals surface area (Å²) in [4.78, 5) is 2.37. The average Bonchev–Trinajstić information content (AvgIpc) is 2.69. The van der Waals surface area contributed by atoms with E-state index in [9.17, 15) is 4.39 Å². The van der Waals surface area contributed by atoms with Gasteiger partial charge in [0.1, 0.15) is 5.82 Å². The number of halogens is 1. The molecule has 106 valence electrons. The van der Waals surface area contributed by atoms with Crippen LogP contribution in [0.3, 0.4) is 0 Å². The highest BCUT2D eigenvalue weighted by atomic mass is 19.1. The van der Waals surface area contributed by atoms with Crippen LogP contribution < -0.4 is 10.6 Å². The molecule has 2 nitrogen and oxygen atoms in total. The predicted octanol–water partition coefficient (Wildman–Crippen LogP) is 3.56. The van der Waals surface area contributed by atoms with Crippen LogP contribution in [-0.2, 0) is 0 Å². The summed E-state index contributed by atoms with van der Waals surface area (Å²) in [6.45, 7) is 8.30. The second kappa shape index (κ2) is 5.12. The van der Waals surface area contributed by atoms with Crippen LogP contribution in [0.1, 0.15) is 40.0 Å². The topological polar surface area (TPSA) is 29.3 Å². The fraction of sp³-hybridized carbons (Fsp3) is 0.625. The Labute approximate surface area is 115 Å². The van der Waals surface area contributed by atoms with Crippen molar-refractivity contribution in [2.24, 2.45) is 11.1 Å². The van der Waals surface area contributed by atoms with Crippen molar-refractivity contribution < 1.29 is 4.39 Å². The van der Waals surface area contributed by atoms with Crippen LogP contribution in [-0.4, -0.2) is 18.6 Å². The second-order valence-electron chi connectivity index (χ2n) is 6.19. The molecule has 0 aromatic heterocycles. The molecule has 0 spiro atoms. The van der Waals surface area contributed by atoms with Gasteiger partial charge in [-0.2, -0.15) is 0 Å². The van der Waals surface area contributed by atoms with E-state index in [0.717, 1.165) is 18.7 Å². The second-order valence-corrected chi connectivity index (χ2v) is 6.19. The molecule has 0 saturated heterocycles. The lowest BCUT2D eigenvalue weighted by Crippen LogP contribution is -2.60. The fourth-order valence-electron chi connectivity index (χ4n) is 3.74. The molecule has 1 aliphatic carbocycles. The SMILES string of the molecule is CCN(c1ccc(F)cc1)C1(CN)CCCC1(C)C. The number of benzene rings is 1. The molecule has 0 amide bonds. The maximum absolute atomic E-state index is 13.1. The summed E-state index contributed by atoms with van der Waals surface area (Å²) in [6.07, 6.45) is 3.52. The third kappa shape index (κ3) is 2.25. The van der Waals surface area contributed by atoms with Crippen LogP contribution in [0, 0.1) is 11.2 Å². The zero-order valence-corrected chi connectivity index (χ0v) is 12.2. The van der Waals surface area contributed by atoms with Crippen LogP contribution in [0.2, 0.25) is 0 Å².